The van der Waals surface area contributed by atoms with E-state index < -0.39 is 51.8 Å². The van der Waals surface area contributed by atoms with E-state index in [1.165, 1.54) is 22.5 Å². The lowest BCUT2D eigenvalue weighted by Crippen LogP contribution is -2.36. The van der Waals surface area contributed by atoms with Gasteiger partial charge in [-0.1, -0.05) is 28.9 Å². The molecule has 7 nitrogen and oxygen atoms in total. The normalized spacial score (nSPS) is 14.5. The van der Waals surface area contributed by atoms with E-state index in [0.717, 1.165) is 17.4 Å². The van der Waals surface area contributed by atoms with Gasteiger partial charge in [0.15, 0.2) is 0 Å². The molecule has 2 aromatic heterocycles. The number of nitrogens with zero attached hydrogens (tertiary/aromatic N) is 2. The molecule has 3 heterocycles. The third-order valence-electron chi connectivity index (χ3n) is 6.50. The van der Waals surface area contributed by atoms with E-state index in [1.807, 2.05) is 0 Å². The summed E-state index contributed by atoms with van der Waals surface area (Å²) >= 11 is 7.03. The number of anilines is 1. The third kappa shape index (κ3) is 6.41. The highest BCUT2D eigenvalue weighted by molar-refractivity contribution is 7.91. The summed E-state index contributed by atoms with van der Waals surface area (Å²) in [5, 5.41) is 6.10. The number of thiophene rings is 1. The van der Waals surface area contributed by atoms with Gasteiger partial charge < -0.3 is 9.84 Å². The van der Waals surface area contributed by atoms with Crippen LogP contribution in [0.2, 0.25) is 5.02 Å². The molecule has 0 spiro atoms. The van der Waals surface area contributed by atoms with Crippen molar-refractivity contribution in [1.82, 2.24) is 9.46 Å². The molecule has 228 valence electrons. The van der Waals surface area contributed by atoms with E-state index in [9.17, 15) is 43.9 Å². The van der Waals surface area contributed by atoms with Gasteiger partial charge in [-0.05, 0) is 53.4 Å². The maximum Gasteiger partial charge on any atom is 0.452 e. The monoisotopic (exact) mass is 667 g/mol. The highest BCUT2D eigenvalue weighted by Crippen LogP contribution is 2.39. The predicted molar refractivity (Wildman–Crippen MR) is 141 cm³/mol. The topological polar surface area (TPSA) is 92.5 Å². The summed E-state index contributed by atoms with van der Waals surface area (Å²) in [5.74, 6) is -3.52. The molecule has 0 aliphatic carbocycles. The van der Waals surface area contributed by atoms with E-state index in [2.05, 4.69) is 15.0 Å². The average Bonchev–Trinajstić information content (AvgIpc) is 3.60. The Morgan fingerprint density at radius 2 is 1.79 bits per heavy atom. The third-order valence-corrected chi connectivity index (χ3v) is 10.2. The largest absolute Gasteiger partial charge is 0.452 e. The van der Waals surface area contributed by atoms with Crippen molar-refractivity contribution in [1.29, 1.82) is 0 Å². The van der Waals surface area contributed by atoms with E-state index in [4.69, 9.17) is 11.6 Å². The molecule has 0 saturated carbocycles. The van der Waals surface area contributed by atoms with Crippen LogP contribution in [0.15, 0.2) is 57.3 Å². The zero-order chi connectivity index (χ0) is 31.3. The number of fused-ring (bicyclic) bond motifs is 1. The molecule has 0 radical (unpaired) electrons. The number of carbonyl (C=O) groups excluding carboxylic acids is 1. The first-order valence-electron chi connectivity index (χ1n) is 12.1. The molecule has 1 aliphatic rings. The molecule has 2 aromatic carbocycles. The van der Waals surface area contributed by atoms with Crippen molar-refractivity contribution in [2.45, 2.75) is 35.9 Å². The molecule has 4 aromatic rings. The van der Waals surface area contributed by atoms with Crippen molar-refractivity contribution in [3.63, 3.8) is 0 Å². The SMILES string of the molecule is O=C(Cc1ccc(C(F)(F)F)c(F)c1)Nc1c(Cl)ccc2c1CCN(S(=O)(=O)c1ccc(-c3cc(C(F)(F)F)on3)s1)C2. The number of amides is 1. The predicted octanol–water partition coefficient (Wildman–Crippen LogP) is 7.16. The Labute approximate surface area is 247 Å². The fourth-order valence-electron chi connectivity index (χ4n) is 4.46. The van der Waals surface area contributed by atoms with Crippen molar-refractivity contribution in [2.24, 2.45) is 0 Å². The number of benzene rings is 2. The summed E-state index contributed by atoms with van der Waals surface area (Å²) in [5.41, 5.74) is -0.380. The number of hydrogen-bond acceptors (Lipinski definition) is 6. The van der Waals surface area contributed by atoms with Crippen LogP contribution in [0.4, 0.5) is 36.4 Å². The van der Waals surface area contributed by atoms with Gasteiger partial charge in [-0.25, -0.2) is 12.8 Å². The van der Waals surface area contributed by atoms with Gasteiger partial charge in [-0.2, -0.15) is 30.6 Å². The van der Waals surface area contributed by atoms with Gasteiger partial charge in [0, 0.05) is 19.2 Å². The Kier molecular flexibility index (Phi) is 8.09. The Hall–Kier alpha value is -3.47. The van der Waals surface area contributed by atoms with Crippen molar-refractivity contribution < 1.29 is 48.5 Å². The maximum atomic E-state index is 13.9. The van der Waals surface area contributed by atoms with Crippen LogP contribution in [-0.2, 0) is 46.6 Å². The summed E-state index contributed by atoms with van der Waals surface area (Å²) in [7, 11) is -4.08. The Morgan fingerprint density at radius 1 is 1.05 bits per heavy atom. The summed E-state index contributed by atoms with van der Waals surface area (Å²) in [4.78, 5) is 12.9. The number of rotatable bonds is 6. The molecule has 0 fully saturated rings. The summed E-state index contributed by atoms with van der Waals surface area (Å²) < 4.78 is 123. The zero-order valence-electron chi connectivity index (χ0n) is 21.3. The summed E-state index contributed by atoms with van der Waals surface area (Å²) in [6.45, 7) is -0.144. The smallest absolute Gasteiger partial charge is 0.351 e. The zero-order valence-corrected chi connectivity index (χ0v) is 23.7. The van der Waals surface area contributed by atoms with Crippen LogP contribution in [0.5, 0.6) is 0 Å². The number of sulfonamides is 1. The van der Waals surface area contributed by atoms with Crippen molar-refractivity contribution in [2.75, 3.05) is 11.9 Å². The van der Waals surface area contributed by atoms with Gasteiger partial charge in [0.05, 0.1) is 27.6 Å². The number of aromatic nitrogens is 1. The van der Waals surface area contributed by atoms with Crippen LogP contribution in [0, 0.1) is 5.82 Å². The molecule has 0 unspecified atom stereocenters. The fourth-order valence-corrected chi connectivity index (χ4v) is 7.51. The summed E-state index contributed by atoms with van der Waals surface area (Å²) in [6.07, 6.45) is -9.96. The van der Waals surface area contributed by atoms with Crippen LogP contribution >= 0.6 is 22.9 Å². The molecular weight excluding hydrogens is 651 g/mol. The van der Waals surface area contributed by atoms with Crippen LogP contribution in [-0.4, -0.2) is 30.3 Å². The minimum atomic E-state index is -4.88. The second kappa shape index (κ2) is 11.2. The fraction of sp³-hybridized carbons (Fsp3) is 0.231. The number of nitrogens with one attached hydrogen (secondary N) is 1. The van der Waals surface area contributed by atoms with Gasteiger partial charge in [0.2, 0.25) is 11.7 Å². The molecule has 0 atom stereocenters. The summed E-state index contributed by atoms with van der Waals surface area (Å²) in [6, 6.07) is 8.43. The number of carbonyl (C=O) groups is 1. The highest BCUT2D eigenvalue weighted by atomic mass is 35.5. The molecule has 1 amide bonds. The minimum absolute atomic E-state index is 0.00300. The van der Waals surface area contributed by atoms with E-state index in [0.29, 0.717) is 29.3 Å². The number of hydrogen-bond donors (Lipinski definition) is 1. The molecule has 0 bridgehead atoms. The van der Waals surface area contributed by atoms with Crippen molar-refractivity contribution >= 4 is 44.6 Å². The second-order valence-corrected chi connectivity index (χ2v) is 13.0. The van der Waals surface area contributed by atoms with Gasteiger partial charge in [0.1, 0.15) is 15.7 Å². The molecule has 1 N–H and O–H groups in total. The first-order valence-corrected chi connectivity index (χ1v) is 14.8. The maximum absolute atomic E-state index is 13.9. The molecule has 17 heteroatoms. The molecule has 5 rings (SSSR count). The van der Waals surface area contributed by atoms with Gasteiger partial charge in [-0.15, -0.1) is 11.3 Å². The molecule has 0 saturated heterocycles. The lowest BCUT2D eigenvalue weighted by molar-refractivity contribution is -0.155. The Bertz CT molecular complexity index is 1820. The van der Waals surface area contributed by atoms with Crippen LogP contribution in [0.1, 0.15) is 28.0 Å². The Balaban J connectivity index is 1.31. The standard InChI is InChI=1S/C26H17ClF7N3O4S2/c27-17-4-2-14-12-37(43(39,40)23-6-5-20(42-23)19-11-21(41-36-19)26(32,33)34)8-7-15(14)24(17)35-22(38)10-13-1-3-16(18(28)9-13)25(29,30)31/h1-6,9,11H,7-8,10,12H2,(H,35,38). The molecule has 1 aliphatic heterocycles. The van der Waals surface area contributed by atoms with Crippen molar-refractivity contribution in [3.8, 4) is 10.6 Å². The lowest BCUT2D eigenvalue weighted by atomic mass is 9.98. The highest BCUT2D eigenvalue weighted by Gasteiger charge is 2.37. The molecule has 43 heavy (non-hydrogen) atoms. The lowest BCUT2D eigenvalue weighted by Gasteiger charge is -2.29. The number of alkyl halides is 6. The average molecular weight is 668 g/mol. The quantitative estimate of drug-likeness (QED) is 0.220. The van der Waals surface area contributed by atoms with E-state index in [1.54, 1.807) is 6.07 Å². The minimum Gasteiger partial charge on any atom is -0.351 e. The van der Waals surface area contributed by atoms with Crippen molar-refractivity contribution in [3.05, 3.63) is 87.4 Å². The van der Waals surface area contributed by atoms with Gasteiger partial charge >= 0.3 is 12.4 Å². The first-order chi connectivity index (χ1) is 20.0. The van der Waals surface area contributed by atoms with Gasteiger partial charge in [-0.3, -0.25) is 4.79 Å². The second-order valence-electron chi connectivity index (χ2n) is 9.38. The van der Waals surface area contributed by atoms with Gasteiger partial charge in [0.25, 0.3) is 10.0 Å². The van der Waals surface area contributed by atoms with E-state index >= 15 is 0 Å². The Morgan fingerprint density at radius 3 is 2.44 bits per heavy atom. The van der Waals surface area contributed by atoms with E-state index in [-0.39, 0.29) is 50.6 Å². The van der Waals surface area contributed by atoms with Crippen LogP contribution < -0.4 is 5.32 Å². The number of halogens is 8. The molecular formula is C26H17ClF7N3O4S2. The van der Waals surface area contributed by atoms with Crippen LogP contribution in [0.3, 0.4) is 0 Å². The first kappa shape index (κ1) is 31.0. The van der Waals surface area contributed by atoms with Crippen LogP contribution in [0.25, 0.3) is 10.6 Å².